The minimum absolute atomic E-state index is 0.00606. The third-order valence-corrected chi connectivity index (χ3v) is 7.45. The second-order valence-electron chi connectivity index (χ2n) is 7.86. The van der Waals surface area contributed by atoms with Gasteiger partial charge in [0.1, 0.15) is 22.9 Å². The first-order chi connectivity index (χ1) is 16.9. The van der Waals surface area contributed by atoms with Gasteiger partial charge in [-0.1, -0.05) is 18.5 Å². The van der Waals surface area contributed by atoms with Crippen molar-refractivity contribution in [2.24, 2.45) is 7.05 Å². The number of alkyl halides is 3. The van der Waals surface area contributed by atoms with E-state index in [0.29, 0.717) is 11.3 Å². The molecule has 36 heavy (non-hydrogen) atoms. The van der Waals surface area contributed by atoms with Crippen LogP contribution in [0.5, 0.6) is 0 Å². The average Bonchev–Trinajstić information content (AvgIpc) is 3.35. The van der Waals surface area contributed by atoms with Gasteiger partial charge in [0.25, 0.3) is 0 Å². The van der Waals surface area contributed by atoms with Crippen molar-refractivity contribution in [3.8, 4) is 22.6 Å². The van der Waals surface area contributed by atoms with E-state index in [1.54, 1.807) is 0 Å². The van der Waals surface area contributed by atoms with Gasteiger partial charge in [0.2, 0.25) is 0 Å². The van der Waals surface area contributed by atoms with Crippen LogP contribution in [0.25, 0.3) is 39.3 Å². The van der Waals surface area contributed by atoms with E-state index in [4.69, 9.17) is 11.6 Å². The second kappa shape index (κ2) is 8.23. The predicted octanol–water partition coefficient (Wildman–Crippen LogP) is 4.95. The Labute approximate surface area is 206 Å². The molecule has 0 N–H and O–H groups in total. The van der Waals surface area contributed by atoms with Crippen molar-refractivity contribution in [3.05, 3.63) is 59.3 Å². The smallest absolute Gasteiger partial charge is 0.326 e. The van der Waals surface area contributed by atoms with Gasteiger partial charge in [0.05, 0.1) is 28.7 Å². The highest BCUT2D eigenvalue weighted by atomic mass is 35.5. The van der Waals surface area contributed by atoms with Crippen molar-refractivity contribution in [3.63, 3.8) is 0 Å². The molecule has 4 aromatic heterocycles. The molecule has 0 saturated carbocycles. The lowest BCUT2D eigenvalue weighted by molar-refractivity contribution is -0.141. The number of rotatable bonds is 4. The van der Waals surface area contributed by atoms with E-state index < -0.39 is 27.5 Å². The molecule has 5 aromatic rings. The minimum Gasteiger partial charge on any atom is -0.326 e. The maximum Gasteiger partial charge on any atom is 0.433 e. The Morgan fingerprint density at radius 1 is 1.11 bits per heavy atom. The summed E-state index contributed by atoms with van der Waals surface area (Å²) in [5.74, 6) is -0.899. The zero-order chi connectivity index (χ0) is 26.0. The molecular formula is C22H15ClF4N6O2S. The molecule has 0 bridgehead atoms. The van der Waals surface area contributed by atoms with Crippen LogP contribution >= 0.6 is 11.6 Å². The van der Waals surface area contributed by atoms with Gasteiger partial charge in [-0.3, -0.25) is 0 Å². The summed E-state index contributed by atoms with van der Waals surface area (Å²) < 4.78 is 82.4. The van der Waals surface area contributed by atoms with E-state index in [-0.39, 0.29) is 43.9 Å². The Morgan fingerprint density at radius 3 is 2.53 bits per heavy atom. The molecule has 0 spiro atoms. The number of sulfone groups is 1. The molecule has 0 aliphatic rings. The van der Waals surface area contributed by atoms with E-state index in [2.05, 4.69) is 20.1 Å². The number of imidazole rings is 1. The number of pyridine rings is 1. The Morgan fingerprint density at radius 2 is 1.86 bits per heavy atom. The van der Waals surface area contributed by atoms with Crippen molar-refractivity contribution in [2.75, 3.05) is 5.75 Å². The van der Waals surface area contributed by atoms with Crippen LogP contribution in [0, 0.1) is 5.82 Å². The average molecular weight is 539 g/mol. The molecular weight excluding hydrogens is 524 g/mol. The molecule has 1 aromatic carbocycles. The van der Waals surface area contributed by atoms with Crippen LogP contribution < -0.4 is 0 Å². The van der Waals surface area contributed by atoms with Gasteiger partial charge in [-0.05, 0) is 30.3 Å². The molecule has 0 atom stereocenters. The van der Waals surface area contributed by atoms with Gasteiger partial charge in [-0.25, -0.2) is 32.3 Å². The lowest BCUT2D eigenvalue weighted by Crippen LogP contribution is -2.07. The summed E-state index contributed by atoms with van der Waals surface area (Å²) in [5.41, 5.74) is -0.279. The van der Waals surface area contributed by atoms with E-state index in [9.17, 15) is 26.0 Å². The number of hydrogen-bond acceptors (Lipinski definition) is 6. The van der Waals surface area contributed by atoms with Crippen LogP contribution in [0.4, 0.5) is 17.6 Å². The third-order valence-electron chi connectivity index (χ3n) is 5.60. The largest absolute Gasteiger partial charge is 0.433 e. The van der Waals surface area contributed by atoms with Crippen LogP contribution in [0.2, 0.25) is 5.02 Å². The first-order valence-corrected chi connectivity index (χ1v) is 12.4. The predicted molar refractivity (Wildman–Crippen MR) is 124 cm³/mol. The molecule has 5 rings (SSSR count). The van der Waals surface area contributed by atoms with Crippen LogP contribution in [0.1, 0.15) is 12.6 Å². The zero-order valence-corrected chi connectivity index (χ0v) is 20.1. The summed E-state index contributed by atoms with van der Waals surface area (Å²) in [4.78, 5) is 12.1. The fourth-order valence-electron chi connectivity index (χ4n) is 3.86. The van der Waals surface area contributed by atoms with Crippen LogP contribution in [0.3, 0.4) is 0 Å². The van der Waals surface area contributed by atoms with Crippen LogP contribution in [0.15, 0.2) is 47.8 Å². The summed E-state index contributed by atoms with van der Waals surface area (Å²) in [7, 11) is -2.45. The molecule has 0 aliphatic heterocycles. The van der Waals surface area contributed by atoms with Crippen molar-refractivity contribution >= 4 is 38.1 Å². The molecule has 0 radical (unpaired) electrons. The maximum atomic E-state index is 14.1. The molecule has 0 aliphatic carbocycles. The van der Waals surface area contributed by atoms with E-state index >= 15 is 0 Å². The minimum atomic E-state index is -4.68. The van der Waals surface area contributed by atoms with Gasteiger partial charge in [0, 0.05) is 23.8 Å². The summed E-state index contributed by atoms with van der Waals surface area (Å²) >= 11 is 6.01. The molecule has 0 fully saturated rings. The highest BCUT2D eigenvalue weighted by Gasteiger charge is 2.34. The Balaban J connectivity index is 1.86. The van der Waals surface area contributed by atoms with Crippen molar-refractivity contribution in [1.82, 2.24) is 29.1 Å². The highest BCUT2D eigenvalue weighted by Crippen LogP contribution is 2.36. The monoisotopic (exact) mass is 538 g/mol. The Kier molecular flexibility index (Phi) is 5.52. The fraction of sp³-hybridized carbons (Fsp3) is 0.182. The highest BCUT2D eigenvalue weighted by molar-refractivity contribution is 7.91. The molecule has 4 heterocycles. The Bertz CT molecular complexity index is 1760. The van der Waals surface area contributed by atoms with E-state index in [1.807, 2.05) is 0 Å². The van der Waals surface area contributed by atoms with Gasteiger partial charge in [-0.2, -0.15) is 18.3 Å². The molecule has 14 heteroatoms. The van der Waals surface area contributed by atoms with E-state index in [1.165, 1.54) is 47.4 Å². The number of aromatic nitrogens is 6. The fourth-order valence-corrected chi connectivity index (χ4v) is 5.06. The quantitative estimate of drug-likeness (QED) is 0.300. The van der Waals surface area contributed by atoms with Crippen molar-refractivity contribution in [2.45, 2.75) is 18.1 Å². The first kappa shape index (κ1) is 24.1. The third kappa shape index (κ3) is 3.88. The van der Waals surface area contributed by atoms with Crippen LogP contribution in [-0.2, 0) is 23.1 Å². The maximum absolute atomic E-state index is 14.1. The number of aryl methyl sites for hydroxylation is 1. The lowest BCUT2D eigenvalue weighted by Gasteiger charge is -2.06. The van der Waals surface area contributed by atoms with E-state index in [0.717, 1.165) is 18.3 Å². The normalized spacial score (nSPS) is 12.6. The SMILES string of the molecule is CCS(=O)(=O)c1nn2c(-c3cc(F)cc(Cl)c3)ccnc2c1-c1nc2cc(C(F)(F)F)ncc2n1C. The lowest BCUT2D eigenvalue weighted by atomic mass is 10.1. The topological polar surface area (TPSA) is 95.0 Å². The summed E-state index contributed by atoms with van der Waals surface area (Å²) in [6, 6.07) is 6.09. The van der Waals surface area contributed by atoms with Crippen molar-refractivity contribution in [1.29, 1.82) is 0 Å². The summed E-state index contributed by atoms with van der Waals surface area (Å²) in [5, 5.41) is 4.04. The molecule has 186 valence electrons. The zero-order valence-electron chi connectivity index (χ0n) is 18.5. The first-order valence-electron chi connectivity index (χ1n) is 10.4. The van der Waals surface area contributed by atoms with Gasteiger partial charge < -0.3 is 4.57 Å². The van der Waals surface area contributed by atoms with Crippen molar-refractivity contribution < 1.29 is 26.0 Å². The summed E-state index contributed by atoms with van der Waals surface area (Å²) in [6.07, 6.45) is -2.29. The molecule has 0 amide bonds. The molecule has 0 saturated heterocycles. The Hall–Kier alpha value is -3.58. The standard InChI is InChI=1S/C22H15ClF4N6O2S/c1-3-36(34,35)21-18(20-30-14-9-17(22(25,26)27)29-10-16(14)32(20)2)19-28-5-4-15(33(19)31-21)11-6-12(23)8-13(24)7-11/h4-10H,3H2,1-2H3. The molecule has 8 nitrogen and oxygen atoms in total. The number of nitrogens with zero attached hydrogens (tertiary/aromatic N) is 6. The molecule has 0 unspecified atom stereocenters. The summed E-state index contributed by atoms with van der Waals surface area (Å²) in [6.45, 7) is 1.43. The van der Waals surface area contributed by atoms with Crippen LogP contribution in [-0.4, -0.2) is 43.3 Å². The number of halogens is 5. The van der Waals surface area contributed by atoms with Gasteiger partial charge in [-0.15, -0.1) is 0 Å². The second-order valence-corrected chi connectivity index (χ2v) is 10.5. The number of hydrogen-bond donors (Lipinski definition) is 0. The van der Waals surface area contributed by atoms with Gasteiger partial charge >= 0.3 is 6.18 Å². The number of fused-ring (bicyclic) bond motifs is 2. The number of benzene rings is 1. The van der Waals surface area contributed by atoms with Gasteiger partial charge in [0.15, 0.2) is 20.5 Å².